The van der Waals surface area contributed by atoms with Gasteiger partial charge in [-0.25, -0.2) is 0 Å². The predicted octanol–water partition coefficient (Wildman–Crippen LogP) is 15.4. The van der Waals surface area contributed by atoms with E-state index in [9.17, 15) is 0 Å². The van der Waals surface area contributed by atoms with Crippen LogP contribution in [0.4, 0.5) is 11.4 Å². The molecule has 0 saturated carbocycles. The van der Waals surface area contributed by atoms with Crippen molar-refractivity contribution >= 4 is 75.6 Å². The highest BCUT2D eigenvalue weighted by Gasteiger charge is 2.18. The SMILES string of the molecule is c1cc(-c2ccc3c(c2)sc2ccccc23)cc(N(Cc2ccccc2-c2cccc3c2oc2ccccc23)c2ccc(-c3ccc4ccccc4c3)cc2)c1. The van der Waals surface area contributed by atoms with Crippen LogP contribution in [0.5, 0.6) is 0 Å². The van der Waals surface area contributed by atoms with Gasteiger partial charge in [-0.2, -0.15) is 0 Å². The summed E-state index contributed by atoms with van der Waals surface area (Å²) < 4.78 is 9.18. The first-order chi connectivity index (χ1) is 27.7. The molecule has 0 unspecified atom stereocenters. The van der Waals surface area contributed by atoms with Crippen LogP contribution in [0.3, 0.4) is 0 Å². The van der Waals surface area contributed by atoms with Crippen molar-refractivity contribution in [2.24, 2.45) is 0 Å². The molecule has 2 nitrogen and oxygen atoms in total. The van der Waals surface area contributed by atoms with E-state index in [4.69, 9.17) is 4.42 Å². The molecular weight excluding hydrogens is 699 g/mol. The van der Waals surface area contributed by atoms with Crippen LogP contribution in [0.1, 0.15) is 5.56 Å². The van der Waals surface area contributed by atoms with Crippen LogP contribution in [-0.2, 0) is 6.54 Å². The zero-order valence-electron chi connectivity index (χ0n) is 30.5. The minimum absolute atomic E-state index is 0.668. The van der Waals surface area contributed by atoms with Crippen LogP contribution in [0.15, 0.2) is 205 Å². The minimum atomic E-state index is 0.668. The van der Waals surface area contributed by atoms with Gasteiger partial charge >= 0.3 is 0 Å². The van der Waals surface area contributed by atoms with E-state index in [0.29, 0.717) is 6.54 Å². The normalized spacial score (nSPS) is 11.6. The van der Waals surface area contributed by atoms with Crippen molar-refractivity contribution in [2.75, 3.05) is 4.90 Å². The fourth-order valence-corrected chi connectivity index (χ4v) is 9.49. The molecule has 9 aromatic carbocycles. The van der Waals surface area contributed by atoms with Gasteiger partial charge < -0.3 is 9.32 Å². The van der Waals surface area contributed by atoms with E-state index < -0.39 is 0 Å². The fraction of sp³-hybridized carbons (Fsp3) is 0.0189. The Kier molecular flexibility index (Phi) is 7.78. The second kappa shape index (κ2) is 13.4. The molecule has 3 heteroatoms. The Bertz CT molecular complexity index is 3240. The Labute approximate surface area is 329 Å². The lowest BCUT2D eigenvalue weighted by Gasteiger charge is -2.27. The summed E-state index contributed by atoms with van der Waals surface area (Å²) in [4.78, 5) is 2.45. The number of para-hydroxylation sites is 2. The summed E-state index contributed by atoms with van der Waals surface area (Å²) in [6, 6.07) is 72.5. The number of fused-ring (bicyclic) bond motifs is 7. The van der Waals surface area contributed by atoms with Crippen LogP contribution >= 0.6 is 11.3 Å². The number of furan rings is 1. The third-order valence-electron chi connectivity index (χ3n) is 11.2. The molecule has 0 atom stereocenters. The molecule has 11 rings (SSSR count). The highest BCUT2D eigenvalue weighted by molar-refractivity contribution is 7.25. The van der Waals surface area contributed by atoms with Gasteiger partial charge in [0, 0.05) is 54.4 Å². The van der Waals surface area contributed by atoms with Crippen LogP contribution < -0.4 is 4.90 Å². The quantitative estimate of drug-likeness (QED) is 0.162. The van der Waals surface area contributed by atoms with Gasteiger partial charge in [-0.05, 0) is 92.7 Å². The second-order valence-corrected chi connectivity index (χ2v) is 15.6. The van der Waals surface area contributed by atoms with Gasteiger partial charge in [0.2, 0.25) is 0 Å². The molecule has 0 bridgehead atoms. The third kappa shape index (κ3) is 5.64. The molecule has 0 radical (unpaired) electrons. The first-order valence-corrected chi connectivity index (χ1v) is 19.9. The average Bonchev–Trinajstić information content (AvgIpc) is 3.84. The van der Waals surface area contributed by atoms with Gasteiger partial charge in [-0.1, -0.05) is 152 Å². The number of thiophene rings is 1. The molecule has 264 valence electrons. The van der Waals surface area contributed by atoms with Crippen molar-refractivity contribution in [3.05, 3.63) is 206 Å². The van der Waals surface area contributed by atoms with Crippen molar-refractivity contribution in [1.29, 1.82) is 0 Å². The zero-order chi connectivity index (χ0) is 37.0. The van der Waals surface area contributed by atoms with Crippen LogP contribution in [0.2, 0.25) is 0 Å². The van der Waals surface area contributed by atoms with Gasteiger partial charge in [0.15, 0.2) is 0 Å². The van der Waals surface area contributed by atoms with Crippen LogP contribution in [-0.4, -0.2) is 0 Å². The van der Waals surface area contributed by atoms with Gasteiger partial charge in [0.05, 0.1) is 0 Å². The maximum atomic E-state index is 6.55. The summed E-state index contributed by atoms with van der Waals surface area (Å²) in [5.41, 5.74) is 12.4. The molecule has 0 aliphatic carbocycles. The lowest BCUT2D eigenvalue weighted by atomic mass is 9.96. The molecule has 0 aliphatic rings. The van der Waals surface area contributed by atoms with E-state index in [1.165, 1.54) is 64.3 Å². The Hall–Kier alpha value is -6.94. The molecule has 11 aromatic rings. The molecule has 0 spiro atoms. The van der Waals surface area contributed by atoms with Crippen LogP contribution in [0, 0.1) is 0 Å². The topological polar surface area (TPSA) is 16.4 Å². The molecular formula is C53H35NOS. The van der Waals surface area contributed by atoms with E-state index in [-0.39, 0.29) is 0 Å². The smallest absolute Gasteiger partial charge is 0.143 e. The molecule has 2 heterocycles. The van der Waals surface area contributed by atoms with Crippen LogP contribution in [0.25, 0.3) is 86.3 Å². The first-order valence-electron chi connectivity index (χ1n) is 19.1. The second-order valence-electron chi connectivity index (χ2n) is 14.5. The molecule has 0 amide bonds. The largest absolute Gasteiger partial charge is 0.455 e. The predicted molar refractivity (Wildman–Crippen MR) is 239 cm³/mol. The Morgan fingerprint density at radius 1 is 0.393 bits per heavy atom. The fourth-order valence-electron chi connectivity index (χ4n) is 8.34. The van der Waals surface area contributed by atoms with Crippen molar-refractivity contribution in [3.63, 3.8) is 0 Å². The Morgan fingerprint density at radius 2 is 1.05 bits per heavy atom. The molecule has 56 heavy (non-hydrogen) atoms. The molecule has 0 aliphatic heterocycles. The zero-order valence-corrected chi connectivity index (χ0v) is 31.3. The standard InChI is InChI=1S/C53H35NOS/c1-2-12-37-31-39(24-23-35(37)11-1)36-25-28-42(29-26-36)54(43-15-9-14-38(32-43)40-27-30-47-46-18-6-8-22-51(46)56-52(47)33-40)34-41-13-3-4-16-44(41)48-19-10-20-49-45-17-5-7-21-50(45)55-53(48)49/h1-33H,34H2. The lowest BCUT2D eigenvalue weighted by molar-refractivity contribution is 0.670. The summed E-state index contributed by atoms with van der Waals surface area (Å²) >= 11 is 1.86. The van der Waals surface area contributed by atoms with Gasteiger partial charge in [-0.15, -0.1) is 11.3 Å². The summed E-state index contributed by atoms with van der Waals surface area (Å²) in [6.45, 7) is 0.668. The Morgan fingerprint density at radius 3 is 1.98 bits per heavy atom. The highest BCUT2D eigenvalue weighted by Crippen LogP contribution is 2.41. The Balaban J connectivity index is 1.02. The van der Waals surface area contributed by atoms with E-state index >= 15 is 0 Å². The van der Waals surface area contributed by atoms with Gasteiger partial charge in [0.25, 0.3) is 0 Å². The lowest BCUT2D eigenvalue weighted by Crippen LogP contribution is -2.17. The molecule has 0 N–H and O–H groups in total. The number of benzene rings is 9. The molecule has 2 aromatic heterocycles. The third-order valence-corrected chi connectivity index (χ3v) is 12.3. The summed E-state index contributed by atoms with van der Waals surface area (Å²) in [5, 5.41) is 7.41. The number of anilines is 2. The summed E-state index contributed by atoms with van der Waals surface area (Å²) in [6.07, 6.45) is 0. The summed E-state index contributed by atoms with van der Waals surface area (Å²) in [7, 11) is 0. The number of hydrogen-bond donors (Lipinski definition) is 0. The van der Waals surface area contributed by atoms with Gasteiger partial charge in [0.1, 0.15) is 11.2 Å². The maximum Gasteiger partial charge on any atom is 0.143 e. The molecule has 0 fully saturated rings. The first kappa shape index (κ1) is 32.5. The van der Waals surface area contributed by atoms with E-state index in [1.807, 2.05) is 17.4 Å². The van der Waals surface area contributed by atoms with E-state index in [2.05, 4.69) is 199 Å². The van der Waals surface area contributed by atoms with Crippen molar-refractivity contribution in [2.45, 2.75) is 6.54 Å². The van der Waals surface area contributed by atoms with E-state index in [1.54, 1.807) is 0 Å². The summed E-state index contributed by atoms with van der Waals surface area (Å²) in [5.74, 6) is 0. The van der Waals surface area contributed by atoms with Gasteiger partial charge in [-0.3, -0.25) is 0 Å². The minimum Gasteiger partial charge on any atom is -0.455 e. The monoisotopic (exact) mass is 733 g/mol. The molecule has 0 saturated heterocycles. The average molecular weight is 734 g/mol. The van der Waals surface area contributed by atoms with Crippen molar-refractivity contribution < 1.29 is 4.42 Å². The number of hydrogen-bond acceptors (Lipinski definition) is 3. The maximum absolute atomic E-state index is 6.55. The highest BCUT2D eigenvalue weighted by atomic mass is 32.1. The number of rotatable bonds is 7. The number of nitrogens with zero attached hydrogens (tertiary/aromatic N) is 1. The van der Waals surface area contributed by atoms with E-state index in [0.717, 1.165) is 38.9 Å². The van der Waals surface area contributed by atoms with Crippen molar-refractivity contribution in [1.82, 2.24) is 0 Å². The van der Waals surface area contributed by atoms with Crippen molar-refractivity contribution in [3.8, 4) is 33.4 Å².